The zero-order valence-electron chi connectivity index (χ0n) is 20.2. The van der Waals surface area contributed by atoms with E-state index in [2.05, 4.69) is 29.7 Å². The van der Waals surface area contributed by atoms with Crippen LogP contribution in [-0.2, 0) is 22.2 Å². The monoisotopic (exact) mass is 523 g/mol. The van der Waals surface area contributed by atoms with Crippen molar-refractivity contribution in [1.29, 1.82) is 0 Å². The first-order chi connectivity index (χ1) is 17.1. The van der Waals surface area contributed by atoms with Gasteiger partial charge in [-0.25, -0.2) is 18.4 Å². The highest BCUT2D eigenvalue weighted by atomic mass is 35.5. The Labute approximate surface area is 216 Å². The van der Waals surface area contributed by atoms with Crippen LogP contribution in [0.5, 0.6) is 11.5 Å². The van der Waals surface area contributed by atoms with E-state index in [4.69, 9.17) is 27.5 Å². The third-order valence-corrected chi connectivity index (χ3v) is 6.29. The fourth-order valence-corrected chi connectivity index (χ4v) is 4.52. The van der Waals surface area contributed by atoms with Crippen LogP contribution in [0.3, 0.4) is 0 Å². The van der Waals surface area contributed by atoms with E-state index in [0.29, 0.717) is 40.3 Å². The Balaban J connectivity index is 1.55. The van der Waals surface area contributed by atoms with Crippen molar-refractivity contribution >= 4 is 32.3 Å². The lowest BCUT2D eigenvalue weighted by Crippen LogP contribution is -2.07. The fraction of sp³-hybridized carbons (Fsp3) is 0.259. The SMILES string of the molecule is C#Cc1cc(-n2ccc3cc(OCc4ccnc(CS(C)(=O)=O)n4)ccc32)cc(Cl)c1OCC(C)C. The average Bonchev–Trinajstić information content (AvgIpc) is 3.24. The molecule has 4 aromatic rings. The summed E-state index contributed by atoms with van der Waals surface area (Å²) in [4.78, 5) is 8.29. The molecule has 0 fully saturated rings. The molecule has 9 heteroatoms. The van der Waals surface area contributed by atoms with Gasteiger partial charge in [-0.05, 0) is 48.4 Å². The van der Waals surface area contributed by atoms with Crippen molar-refractivity contribution in [1.82, 2.24) is 14.5 Å². The number of fused-ring (bicyclic) bond motifs is 1. The quantitative estimate of drug-likeness (QED) is 0.280. The summed E-state index contributed by atoms with van der Waals surface area (Å²) in [7, 11) is -3.22. The second-order valence-corrected chi connectivity index (χ2v) is 11.4. The van der Waals surface area contributed by atoms with Gasteiger partial charge < -0.3 is 14.0 Å². The summed E-state index contributed by atoms with van der Waals surface area (Å²) >= 11 is 6.54. The van der Waals surface area contributed by atoms with E-state index in [-0.39, 0.29) is 18.2 Å². The largest absolute Gasteiger partial charge is 0.490 e. The highest BCUT2D eigenvalue weighted by molar-refractivity contribution is 7.89. The summed E-state index contributed by atoms with van der Waals surface area (Å²) in [5.74, 6) is 4.24. The van der Waals surface area contributed by atoms with Crippen molar-refractivity contribution in [3.8, 4) is 29.5 Å². The number of halogens is 1. The Hall–Kier alpha value is -3.54. The highest BCUT2D eigenvalue weighted by Gasteiger charge is 2.14. The molecule has 0 spiro atoms. The highest BCUT2D eigenvalue weighted by Crippen LogP contribution is 2.34. The summed E-state index contributed by atoms with van der Waals surface area (Å²) < 4.78 is 36.8. The number of benzene rings is 2. The molecule has 0 bridgehead atoms. The number of terminal acetylenes is 1. The van der Waals surface area contributed by atoms with Gasteiger partial charge in [0.25, 0.3) is 0 Å². The van der Waals surface area contributed by atoms with Crippen LogP contribution in [0.4, 0.5) is 0 Å². The van der Waals surface area contributed by atoms with Crippen molar-refractivity contribution < 1.29 is 17.9 Å². The first-order valence-corrected chi connectivity index (χ1v) is 13.7. The molecule has 0 radical (unpaired) electrons. The molecule has 0 atom stereocenters. The van der Waals surface area contributed by atoms with Crippen LogP contribution in [0.25, 0.3) is 16.6 Å². The Morgan fingerprint density at radius 1 is 1.14 bits per heavy atom. The summed E-state index contributed by atoms with van der Waals surface area (Å²) in [5.41, 5.74) is 2.97. The van der Waals surface area contributed by atoms with Gasteiger partial charge in [-0.15, -0.1) is 6.42 Å². The lowest BCUT2D eigenvalue weighted by atomic mass is 10.1. The maximum Gasteiger partial charge on any atom is 0.154 e. The molecule has 4 rings (SSSR count). The third-order valence-electron chi connectivity index (χ3n) is 5.23. The molecule has 0 N–H and O–H groups in total. The number of ether oxygens (including phenoxy) is 2. The molecule has 36 heavy (non-hydrogen) atoms. The van der Waals surface area contributed by atoms with Gasteiger partial charge in [0.15, 0.2) is 15.6 Å². The van der Waals surface area contributed by atoms with Crippen LogP contribution in [-0.4, -0.2) is 35.8 Å². The number of aromatic nitrogens is 3. The minimum atomic E-state index is -3.22. The molecule has 2 aromatic carbocycles. The van der Waals surface area contributed by atoms with E-state index in [1.807, 2.05) is 47.2 Å². The van der Waals surface area contributed by atoms with E-state index in [1.54, 1.807) is 6.07 Å². The number of nitrogens with zero attached hydrogens (tertiary/aromatic N) is 3. The van der Waals surface area contributed by atoms with Gasteiger partial charge in [0.2, 0.25) is 0 Å². The van der Waals surface area contributed by atoms with Gasteiger partial charge >= 0.3 is 0 Å². The van der Waals surface area contributed by atoms with E-state index < -0.39 is 9.84 Å². The molecular formula is C27H26ClN3O4S. The molecule has 0 saturated heterocycles. The summed E-state index contributed by atoms with van der Waals surface area (Å²) in [5, 5.41) is 1.43. The zero-order chi connectivity index (χ0) is 25.9. The molecular weight excluding hydrogens is 498 g/mol. The van der Waals surface area contributed by atoms with Crippen LogP contribution < -0.4 is 9.47 Å². The number of rotatable bonds is 9. The molecule has 2 aromatic heterocycles. The van der Waals surface area contributed by atoms with Gasteiger partial charge in [0.1, 0.15) is 23.9 Å². The molecule has 0 aliphatic heterocycles. The Morgan fingerprint density at radius 3 is 2.67 bits per heavy atom. The standard InChI is InChI=1S/C27H26ClN3O4S/c1-5-19-12-22(14-24(28)27(19)35-15-18(2)3)31-11-9-20-13-23(6-7-25(20)31)34-16-21-8-10-29-26(30-21)17-36(4,32)33/h1,6-14,18H,15-17H2,2-4H3. The lowest BCUT2D eigenvalue weighted by molar-refractivity contribution is 0.270. The Bertz CT molecular complexity index is 1560. The van der Waals surface area contributed by atoms with Crippen molar-refractivity contribution in [3.63, 3.8) is 0 Å². The van der Waals surface area contributed by atoms with Gasteiger partial charge in [-0.1, -0.05) is 31.4 Å². The molecule has 7 nitrogen and oxygen atoms in total. The molecule has 186 valence electrons. The van der Waals surface area contributed by atoms with E-state index in [0.717, 1.165) is 22.8 Å². The normalized spacial score (nSPS) is 11.6. The van der Waals surface area contributed by atoms with E-state index in [1.165, 1.54) is 6.20 Å². The average molecular weight is 524 g/mol. The van der Waals surface area contributed by atoms with Crippen molar-refractivity contribution in [3.05, 3.63) is 77.0 Å². The summed E-state index contributed by atoms with van der Waals surface area (Å²) in [6.07, 6.45) is 10.4. The zero-order valence-corrected chi connectivity index (χ0v) is 21.8. The van der Waals surface area contributed by atoms with Crippen LogP contribution in [0.2, 0.25) is 5.02 Å². The minimum Gasteiger partial charge on any atom is -0.490 e. The van der Waals surface area contributed by atoms with Crippen molar-refractivity contribution in [2.75, 3.05) is 12.9 Å². The smallest absolute Gasteiger partial charge is 0.154 e. The lowest BCUT2D eigenvalue weighted by Gasteiger charge is -2.15. The van der Waals surface area contributed by atoms with Crippen LogP contribution in [0, 0.1) is 18.3 Å². The number of hydrogen-bond donors (Lipinski definition) is 0. The fourth-order valence-electron chi connectivity index (χ4n) is 3.64. The molecule has 2 heterocycles. The Morgan fingerprint density at radius 2 is 1.94 bits per heavy atom. The van der Waals surface area contributed by atoms with Crippen molar-refractivity contribution in [2.45, 2.75) is 26.2 Å². The first kappa shape index (κ1) is 25.5. The maximum absolute atomic E-state index is 11.5. The van der Waals surface area contributed by atoms with E-state index in [9.17, 15) is 8.42 Å². The predicted octanol–water partition coefficient (Wildman–Crippen LogP) is 5.21. The summed E-state index contributed by atoms with van der Waals surface area (Å²) in [6.45, 7) is 4.83. The predicted molar refractivity (Wildman–Crippen MR) is 141 cm³/mol. The topological polar surface area (TPSA) is 83.3 Å². The molecule has 0 unspecified atom stereocenters. The molecule has 0 aliphatic rings. The number of sulfone groups is 1. The number of hydrogen-bond acceptors (Lipinski definition) is 6. The van der Waals surface area contributed by atoms with Crippen molar-refractivity contribution in [2.24, 2.45) is 5.92 Å². The molecule has 0 amide bonds. The van der Waals surface area contributed by atoms with Crippen LogP contribution in [0.1, 0.15) is 30.9 Å². The minimum absolute atomic E-state index is 0.185. The molecule has 0 saturated carbocycles. The first-order valence-electron chi connectivity index (χ1n) is 11.3. The summed E-state index contributed by atoms with van der Waals surface area (Å²) in [6, 6.07) is 13.1. The van der Waals surface area contributed by atoms with Gasteiger partial charge in [0, 0.05) is 29.7 Å². The van der Waals surface area contributed by atoms with E-state index >= 15 is 0 Å². The van der Waals surface area contributed by atoms with Gasteiger partial charge in [-0.3, -0.25) is 0 Å². The van der Waals surface area contributed by atoms with Crippen LogP contribution >= 0.6 is 11.6 Å². The van der Waals surface area contributed by atoms with Gasteiger partial charge in [0.05, 0.1) is 28.4 Å². The Kier molecular flexibility index (Phi) is 7.53. The van der Waals surface area contributed by atoms with Crippen LogP contribution in [0.15, 0.2) is 54.9 Å². The van der Waals surface area contributed by atoms with Gasteiger partial charge in [-0.2, -0.15) is 0 Å². The third kappa shape index (κ3) is 6.17. The second-order valence-electron chi connectivity index (χ2n) is 8.88. The molecule has 0 aliphatic carbocycles. The maximum atomic E-state index is 11.5. The second kappa shape index (κ2) is 10.6.